The Morgan fingerprint density at radius 2 is 2.07 bits per heavy atom. The van der Waals surface area contributed by atoms with E-state index >= 15 is 0 Å². The Hall–Kier alpha value is -1.48. The molecule has 76 valence electrons. The lowest BCUT2D eigenvalue weighted by Gasteiger charge is -2.03. The van der Waals surface area contributed by atoms with Gasteiger partial charge < -0.3 is 0 Å². The molecule has 0 saturated heterocycles. The Labute approximate surface area is 92.1 Å². The molecule has 2 aromatic rings. The summed E-state index contributed by atoms with van der Waals surface area (Å²) in [5, 5.41) is 0.864. The van der Waals surface area contributed by atoms with Crippen molar-refractivity contribution >= 4 is 28.3 Å². The third-order valence-electron chi connectivity index (χ3n) is 2.16. The number of ketones is 1. The molecule has 0 N–H and O–H groups in total. The molecule has 0 bridgehead atoms. The zero-order valence-corrected chi connectivity index (χ0v) is 9.17. The summed E-state index contributed by atoms with van der Waals surface area (Å²) in [4.78, 5) is 19.4. The Kier molecular flexibility index (Phi) is 2.40. The first kappa shape index (κ1) is 10.1. The number of nitrogens with zero attached hydrogens (tertiary/aromatic N) is 2. The molecule has 0 unspecified atom stereocenters. The Balaban J connectivity index is 2.87. The van der Waals surface area contributed by atoms with E-state index in [1.165, 1.54) is 6.92 Å². The molecule has 2 rings (SSSR count). The van der Waals surface area contributed by atoms with Crippen molar-refractivity contribution in [1.29, 1.82) is 0 Å². The molecule has 1 aromatic heterocycles. The van der Waals surface area contributed by atoms with E-state index in [1.807, 2.05) is 25.1 Å². The van der Waals surface area contributed by atoms with E-state index < -0.39 is 0 Å². The number of benzene rings is 1. The van der Waals surface area contributed by atoms with Crippen molar-refractivity contribution in [3.8, 4) is 0 Å². The Bertz CT molecular complexity index is 552. The molecular weight excluding hydrogens is 212 g/mol. The Morgan fingerprint density at radius 1 is 1.33 bits per heavy atom. The molecule has 0 radical (unpaired) electrons. The number of hydrogen-bond donors (Lipinski definition) is 0. The summed E-state index contributed by atoms with van der Waals surface area (Å²) in [6.07, 6.45) is 0. The van der Waals surface area contributed by atoms with Crippen LogP contribution in [-0.4, -0.2) is 15.8 Å². The highest BCUT2D eigenvalue weighted by Gasteiger charge is 2.10. The minimum atomic E-state index is -0.102. The molecule has 0 saturated carbocycles. The number of carbonyl (C=O) groups is 1. The SMILES string of the molecule is CC(=O)c1nc(Cl)nc2ccc(C)cc12. The molecule has 0 aliphatic heterocycles. The van der Waals surface area contributed by atoms with Gasteiger partial charge in [0.05, 0.1) is 5.52 Å². The molecule has 0 fully saturated rings. The van der Waals surface area contributed by atoms with Crippen molar-refractivity contribution in [2.24, 2.45) is 0 Å². The predicted molar refractivity (Wildman–Crippen MR) is 59.3 cm³/mol. The monoisotopic (exact) mass is 220 g/mol. The fraction of sp³-hybridized carbons (Fsp3) is 0.182. The van der Waals surface area contributed by atoms with Crippen LogP contribution in [0.2, 0.25) is 5.28 Å². The minimum Gasteiger partial charge on any atom is -0.293 e. The smallest absolute Gasteiger partial charge is 0.223 e. The first-order valence-corrected chi connectivity index (χ1v) is 4.90. The van der Waals surface area contributed by atoms with Gasteiger partial charge in [0, 0.05) is 12.3 Å². The molecule has 0 spiro atoms. The van der Waals surface area contributed by atoms with E-state index in [-0.39, 0.29) is 11.1 Å². The number of hydrogen-bond acceptors (Lipinski definition) is 3. The number of rotatable bonds is 1. The number of carbonyl (C=O) groups excluding carboxylic acids is 1. The zero-order chi connectivity index (χ0) is 11.0. The first-order chi connectivity index (χ1) is 7.08. The fourth-order valence-corrected chi connectivity index (χ4v) is 1.66. The van der Waals surface area contributed by atoms with Gasteiger partial charge in [0.15, 0.2) is 5.78 Å². The largest absolute Gasteiger partial charge is 0.293 e. The number of aryl methyl sites for hydroxylation is 1. The lowest BCUT2D eigenvalue weighted by molar-refractivity contribution is 0.101. The summed E-state index contributed by atoms with van der Waals surface area (Å²) in [6.45, 7) is 3.43. The van der Waals surface area contributed by atoms with Crippen LogP contribution in [0.15, 0.2) is 18.2 Å². The Morgan fingerprint density at radius 3 is 2.73 bits per heavy atom. The highest BCUT2D eigenvalue weighted by atomic mass is 35.5. The summed E-state index contributed by atoms with van der Waals surface area (Å²) in [7, 11) is 0. The molecule has 1 aromatic carbocycles. The van der Waals surface area contributed by atoms with Crippen molar-refractivity contribution < 1.29 is 4.79 Å². The lowest BCUT2D eigenvalue weighted by Crippen LogP contribution is -2.00. The van der Waals surface area contributed by atoms with Gasteiger partial charge in [0.2, 0.25) is 5.28 Å². The zero-order valence-electron chi connectivity index (χ0n) is 8.41. The molecule has 0 aliphatic rings. The van der Waals surface area contributed by atoms with Gasteiger partial charge >= 0.3 is 0 Å². The predicted octanol–water partition coefficient (Wildman–Crippen LogP) is 2.79. The van der Waals surface area contributed by atoms with Crippen molar-refractivity contribution in [3.63, 3.8) is 0 Å². The molecule has 0 amide bonds. The maximum atomic E-state index is 11.4. The van der Waals surface area contributed by atoms with E-state index in [1.54, 1.807) is 0 Å². The van der Waals surface area contributed by atoms with Crippen molar-refractivity contribution in [1.82, 2.24) is 9.97 Å². The number of fused-ring (bicyclic) bond motifs is 1. The van der Waals surface area contributed by atoms with Crippen LogP contribution in [-0.2, 0) is 0 Å². The molecule has 1 heterocycles. The molecule has 0 atom stereocenters. The average Bonchev–Trinajstić information content (AvgIpc) is 2.17. The summed E-state index contributed by atoms with van der Waals surface area (Å²) >= 11 is 5.73. The number of halogens is 1. The highest BCUT2D eigenvalue weighted by molar-refractivity contribution is 6.29. The van der Waals surface area contributed by atoms with Crippen LogP contribution in [0.4, 0.5) is 0 Å². The molecule has 15 heavy (non-hydrogen) atoms. The number of aromatic nitrogens is 2. The third kappa shape index (κ3) is 1.83. The highest BCUT2D eigenvalue weighted by Crippen LogP contribution is 2.19. The van der Waals surface area contributed by atoms with Crippen LogP contribution in [0.25, 0.3) is 10.9 Å². The van der Waals surface area contributed by atoms with Crippen LogP contribution in [0.5, 0.6) is 0 Å². The van der Waals surface area contributed by atoms with Gasteiger partial charge in [-0.3, -0.25) is 4.79 Å². The average molecular weight is 221 g/mol. The van der Waals surface area contributed by atoms with Gasteiger partial charge in [-0.05, 0) is 30.7 Å². The fourth-order valence-electron chi connectivity index (χ4n) is 1.48. The standard InChI is InChI=1S/C11H9ClN2O/c1-6-3-4-9-8(5-6)10(7(2)15)14-11(12)13-9/h3-5H,1-2H3. The van der Waals surface area contributed by atoms with Crippen molar-refractivity contribution in [2.75, 3.05) is 0 Å². The van der Waals surface area contributed by atoms with Crippen LogP contribution in [0.1, 0.15) is 23.0 Å². The summed E-state index contributed by atoms with van der Waals surface area (Å²) in [5.74, 6) is -0.102. The van der Waals surface area contributed by atoms with Crippen LogP contribution >= 0.6 is 11.6 Å². The maximum absolute atomic E-state index is 11.4. The van der Waals surface area contributed by atoms with Crippen LogP contribution in [0.3, 0.4) is 0 Å². The molecular formula is C11H9ClN2O. The van der Waals surface area contributed by atoms with E-state index in [0.717, 1.165) is 10.9 Å². The van der Waals surface area contributed by atoms with Crippen LogP contribution in [0, 0.1) is 6.92 Å². The molecule has 3 nitrogen and oxygen atoms in total. The van der Waals surface area contributed by atoms with E-state index in [4.69, 9.17) is 11.6 Å². The number of Topliss-reactive ketones (excluding diaryl/α,β-unsaturated/α-hetero) is 1. The second-order valence-corrected chi connectivity index (χ2v) is 3.76. The van der Waals surface area contributed by atoms with E-state index in [2.05, 4.69) is 9.97 Å². The normalized spacial score (nSPS) is 10.6. The maximum Gasteiger partial charge on any atom is 0.223 e. The summed E-state index contributed by atoms with van der Waals surface area (Å²) < 4.78 is 0. The van der Waals surface area contributed by atoms with Gasteiger partial charge in [-0.2, -0.15) is 0 Å². The van der Waals surface area contributed by atoms with Crippen molar-refractivity contribution in [2.45, 2.75) is 13.8 Å². The van der Waals surface area contributed by atoms with Crippen molar-refractivity contribution in [3.05, 3.63) is 34.7 Å². The quantitative estimate of drug-likeness (QED) is 0.548. The summed E-state index contributed by atoms with van der Waals surface area (Å²) in [5.41, 5.74) is 2.15. The lowest BCUT2D eigenvalue weighted by atomic mass is 10.1. The first-order valence-electron chi connectivity index (χ1n) is 4.53. The van der Waals surface area contributed by atoms with E-state index in [0.29, 0.717) is 11.2 Å². The topological polar surface area (TPSA) is 42.9 Å². The van der Waals surface area contributed by atoms with Gasteiger partial charge in [-0.25, -0.2) is 9.97 Å². The second kappa shape index (κ2) is 3.59. The molecule has 4 heteroatoms. The minimum absolute atomic E-state index is 0.102. The van der Waals surface area contributed by atoms with E-state index in [9.17, 15) is 4.79 Å². The van der Waals surface area contributed by atoms with Gasteiger partial charge in [0.25, 0.3) is 0 Å². The van der Waals surface area contributed by atoms with Gasteiger partial charge in [0.1, 0.15) is 5.69 Å². The van der Waals surface area contributed by atoms with Gasteiger partial charge in [-0.15, -0.1) is 0 Å². The molecule has 0 aliphatic carbocycles. The third-order valence-corrected chi connectivity index (χ3v) is 2.33. The van der Waals surface area contributed by atoms with Crippen LogP contribution < -0.4 is 0 Å². The van der Waals surface area contributed by atoms with Gasteiger partial charge in [-0.1, -0.05) is 11.6 Å². The summed E-state index contributed by atoms with van der Waals surface area (Å²) in [6, 6.07) is 5.66. The second-order valence-electron chi connectivity index (χ2n) is 3.42.